The van der Waals surface area contributed by atoms with Crippen molar-refractivity contribution >= 4 is 0 Å². The summed E-state index contributed by atoms with van der Waals surface area (Å²) in [5.74, 6) is 1.41. The van der Waals surface area contributed by atoms with Gasteiger partial charge in [-0.15, -0.1) is 0 Å². The van der Waals surface area contributed by atoms with Crippen molar-refractivity contribution in [3.05, 3.63) is 47.6 Å². The van der Waals surface area contributed by atoms with Gasteiger partial charge in [0.25, 0.3) is 0 Å². The predicted molar refractivity (Wildman–Crippen MR) is 96.8 cm³/mol. The van der Waals surface area contributed by atoms with Crippen molar-refractivity contribution in [3.8, 4) is 0 Å². The number of hydrogen-bond donors (Lipinski definition) is 0. The second-order valence-corrected chi connectivity index (χ2v) is 7.23. The zero-order chi connectivity index (χ0) is 17.6. The van der Waals surface area contributed by atoms with E-state index in [1.54, 1.807) is 0 Å². The first-order valence-corrected chi connectivity index (χ1v) is 9.66. The van der Waals surface area contributed by atoms with Crippen LogP contribution in [0.4, 0.5) is 0 Å². The summed E-state index contributed by atoms with van der Waals surface area (Å²) in [5, 5.41) is 4.15. The standard InChI is InChI=1S/C20H27N3O3/c1-2-6-16(7-3-1)12-19-21-20(26-22-19)15-23(13-17-8-4-10-24-17)14-18-9-5-11-25-18/h1-3,6-7,17-18H,4-5,8-15H2/t17-,18-/m1/s1. The Labute approximate surface area is 154 Å². The van der Waals surface area contributed by atoms with Crippen LogP contribution in [0.15, 0.2) is 34.9 Å². The largest absolute Gasteiger partial charge is 0.377 e. The van der Waals surface area contributed by atoms with E-state index in [0.717, 1.165) is 57.8 Å². The molecule has 2 atom stereocenters. The topological polar surface area (TPSA) is 60.6 Å². The Morgan fingerprint density at radius 1 is 0.962 bits per heavy atom. The van der Waals surface area contributed by atoms with Gasteiger partial charge >= 0.3 is 0 Å². The average molecular weight is 357 g/mol. The number of rotatable bonds is 8. The van der Waals surface area contributed by atoms with Crippen molar-refractivity contribution in [3.63, 3.8) is 0 Å². The molecule has 2 fully saturated rings. The van der Waals surface area contributed by atoms with Gasteiger partial charge in [0.05, 0.1) is 18.8 Å². The number of benzene rings is 1. The third-order valence-electron chi connectivity index (χ3n) is 5.05. The van der Waals surface area contributed by atoms with Gasteiger partial charge < -0.3 is 14.0 Å². The molecule has 0 saturated carbocycles. The van der Waals surface area contributed by atoms with Crippen LogP contribution in [0.3, 0.4) is 0 Å². The molecular formula is C20H27N3O3. The molecule has 0 unspecified atom stereocenters. The molecule has 2 saturated heterocycles. The van der Waals surface area contributed by atoms with E-state index < -0.39 is 0 Å². The molecule has 6 heteroatoms. The van der Waals surface area contributed by atoms with Gasteiger partial charge in [-0.25, -0.2) is 0 Å². The fourth-order valence-corrected chi connectivity index (χ4v) is 3.75. The molecule has 140 valence electrons. The van der Waals surface area contributed by atoms with Crippen LogP contribution in [0.1, 0.15) is 43.0 Å². The smallest absolute Gasteiger partial charge is 0.240 e. The summed E-state index contributed by atoms with van der Waals surface area (Å²) in [5.41, 5.74) is 1.19. The molecule has 0 N–H and O–H groups in total. The van der Waals surface area contributed by atoms with Crippen LogP contribution in [0.2, 0.25) is 0 Å². The molecule has 0 radical (unpaired) electrons. The minimum absolute atomic E-state index is 0.308. The number of nitrogens with zero attached hydrogens (tertiary/aromatic N) is 3. The number of aromatic nitrogens is 2. The monoisotopic (exact) mass is 357 g/mol. The van der Waals surface area contributed by atoms with Crippen molar-refractivity contribution in [2.45, 2.75) is 50.9 Å². The van der Waals surface area contributed by atoms with Crippen molar-refractivity contribution < 1.29 is 14.0 Å². The molecule has 2 aliphatic rings. The lowest BCUT2D eigenvalue weighted by molar-refractivity contribution is 0.0309. The van der Waals surface area contributed by atoms with Crippen LogP contribution in [0.5, 0.6) is 0 Å². The molecule has 2 aromatic rings. The van der Waals surface area contributed by atoms with Crippen LogP contribution in [0, 0.1) is 0 Å². The highest BCUT2D eigenvalue weighted by Gasteiger charge is 2.25. The van der Waals surface area contributed by atoms with E-state index in [1.807, 2.05) is 18.2 Å². The van der Waals surface area contributed by atoms with Gasteiger partial charge in [-0.1, -0.05) is 35.5 Å². The zero-order valence-electron chi connectivity index (χ0n) is 15.2. The van der Waals surface area contributed by atoms with Crippen molar-refractivity contribution in [1.29, 1.82) is 0 Å². The first-order valence-electron chi connectivity index (χ1n) is 9.66. The lowest BCUT2D eigenvalue weighted by atomic mass is 10.1. The molecule has 6 nitrogen and oxygen atoms in total. The molecule has 26 heavy (non-hydrogen) atoms. The fourth-order valence-electron chi connectivity index (χ4n) is 3.75. The van der Waals surface area contributed by atoms with Crippen molar-refractivity contribution in [1.82, 2.24) is 15.0 Å². The molecule has 3 heterocycles. The second-order valence-electron chi connectivity index (χ2n) is 7.23. The highest BCUT2D eigenvalue weighted by atomic mass is 16.5. The Morgan fingerprint density at radius 2 is 1.65 bits per heavy atom. The van der Waals surface area contributed by atoms with Crippen LogP contribution < -0.4 is 0 Å². The lowest BCUT2D eigenvalue weighted by Crippen LogP contribution is -2.37. The third kappa shape index (κ3) is 4.90. The van der Waals surface area contributed by atoms with Gasteiger partial charge in [-0.2, -0.15) is 4.98 Å². The Hall–Kier alpha value is -1.76. The predicted octanol–water partition coefficient (Wildman–Crippen LogP) is 2.82. The van der Waals surface area contributed by atoms with Crippen LogP contribution in [0.25, 0.3) is 0 Å². The summed E-state index contributed by atoms with van der Waals surface area (Å²) in [6, 6.07) is 10.2. The van der Waals surface area contributed by atoms with Gasteiger partial charge in [0.15, 0.2) is 5.82 Å². The van der Waals surface area contributed by atoms with Gasteiger partial charge in [0.1, 0.15) is 0 Å². The Morgan fingerprint density at radius 3 is 2.27 bits per heavy atom. The molecule has 0 amide bonds. The number of ether oxygens (including phenoxy) is 2. The van der Waals surface area contributed by atoms with Gasteiger partial charge in [-0.3, -0.25) is 4.90 Å². The maximum absolute atomic E-state index is 5.82. The minimum Gasteiger partial charge on any atom is -0.377 e. The summed E-state index contributed by atoms with van der Waals surface area (Å²) in [6.45, 7) is 4.20. The summed E-state index contributed by atoms with van der Waals surface area (Å²) < 4.78 is 17.2. The van der Waals surface area contributed by atoms with Crippen LogP contribution in [-0.2, 0) is 22.4 Å². The summed E-state index contributed by atoms with van der Waals surface area (Å²) in [4.78, 5) is 6.95. The summed E-state index contributed by atoms with van der Waals surface area (Å²) in [6.07, 6.45) is 5.88. The maximum atomic E-state index is 5.82. The normalized spacial score (nSPS) is 23.1. The Bertz CT molecular complexity index is 646. The molecule has 0 bridgehead atoms. The van der Waals surface area contributed by atoms with Gasteiger partial charge in [-0.05, 0) is 31.2 Å². The summed E-state index contributed by atoms with van der Waals surface area (Å²) >= 11 is 0. The SMILES string of the molecule is c1ccc(Cc2noc(CN(C[C@H]3CCCO3)C[C@H]3CCCO3)n2)cc1. The highest BCUT2D eigenvalue weighted by molar-refractivity contribution is 5.18. The number of hydrogen-bond acceptors (Lipinski definition) is 6. The Balaban J connectivity index is 1.37. The van der Waals surface area contributed by atoms with E-state index in [-0.39, 0.29) is 0 Å². The molecule has 1 aromatic carbocycles. The quantitative estimate of drug-likeness (QED) is 0.724. The van der Waals surface area contributed by atoms with Crippen LogP contribution >= 0.6 is 0 Å². The molecule has 4 rings (SSSR count). The van der Waals surface area contributed by atoms with Crippen molar-refractivity contribution in [2.75, 3.05) is 26.3 Å². The highest BCUT2D eigenvalue weighted by Crippen LogP contribution is 2.19. The van der Waals surface area contributed by atoms with E-state index in [1.165, 1.54) is 5.56 Å². The molecule has 0 spiro atoms. The molecule has 1 aromatic heterocycles. The summed E-state index contributed by atoms with van der Waals surface area (Å²) in [7, 11) is 0. The van der Waals surface area contributed by atoms with Crippen LogP contribution in [-0.4, -0.2) is 53.6 Å². The molecule has 0 aliphatic carbocycles. The molecular weight excluding hydrogens is 330 g/mol. The zero-order valence-corrected chi connectivity index (χ0v) is 15.2. The van der Waals surface area contributed by atoms with E-state index in [2.05, 4.69) is 27.2 Å². The maximum Gasteiger partial charge on any atom is 0.240 e. The van der Waals surface area contributed by atoms with E-state index >= 15 is 0 Å². The third-order valence-corrected chi connectivity index (χ3v) is 5.05. The lowest BCUT2D eigenvalue weighted by Gasteiger charge is -2.26. The Kier molecular flexibility index (Phi) is 5.94. The molecule has 2 aliphatic heterocycles. The average Bonchev–Trinajstić information content (AvgIpc) is 3.40. The van der Waals surface area contributed by atoms with Gasteiger partial charge in [0.2, 0.25) is 5.89 Å². The van der Waals surface area contributed by atoms with Crippen molar-refractivity contribution in [2.24, 2.45) is 0 Å². The van der Waals surface area contributed by atoms with E-state index in [4.69, 9.17) is 14.0 Å². The second kappa shape index (κ2) is 8.75. The first kappa shape index (κ1) is 17.6. The minimum atomic E-state index is 0.308. The van der Waals surface area contributed by atoms with E-state index in [9.17, 15) is 0 Å². The first-order chi connectivity index (χ1) is 12.8. The van der Waals surface area contributed by atoms with E-state index in [0.29, 0.717) is 31.1 Å². The fraction of sp³-hybridized carbons (Fsp3) is 0.600. The van der Waals surface area contributed by atoms with Gasteiger partial charge in [0, 0.05) is 32.7 Å².